The molecule has 0 saturated heterocycles. The lowest BCUT2D eigenvalue weighted by Crippen LogP contribution is -2.31. The van der Waals surface area contributed by atoms with Gasteiger partial charge in [-0.1, -0.05) is 17.7 Å². The van der Waals surface area contributed by atoms with E-state index in [4.69, 9.17) is 16.3 Å². The molecule has 0 aliphatic rings. The van der Waals surface area contributed by atoms with E-state index in [-0.39, 0.29) is 5.91 Å². The average Bonchev–Trinajstić information content (AvgIpc) is 3.15. The SMILES string of the molecule is CCn1ncc2c(NCc3ccc(OC)c(Cl)c3)c(C(=O)NCCN(C)C)cnc21. The summed E-state index contributed by atoms with van der Waals surface area (Å²) in [5.41, 5.74) is 2.88. The van der Waals surface area contributed by atoms with Gasteiger partial charge in [-0.25, -0.2) is 9.67 Å². The number of amides is 1. The van der Waals surface area contributed by atoms with Gasteiger partial charge in [0, 0.05) is 32.4 Å². The number of hydrogen-bond donors (Lipinski definition) is 2. The minimum absolute atomic E-state index is 0.175. The predicted molar refractivity (Wildman–Crippen MR) is 119 cm³/mol. The first-order valence-corrected chi connectivity index (χ1v) is 10.2. The van der Waals surface area contributed by atoms with Gasteiger partial charge >= 0.3 is 0 Å². The van der Waals surface area contributed by atoms with Crippen molar-refractivity contribution in [2.45, 2.75) is 20.0 Å². The molecule has 0 aliphatic carbocycles. The highest BCUT2D eigenvalue weighted by Crippen LogP contribution is 2.28. The zero-order valence-electron chi connectivity index (χ0n) is 17.7. The van der Waals surface area contributed by atoms with Crippen LogP contribution in [0.1, 0.15) is 22.8 Å². The fourth-order valence-electron chi connectivity index (χ4n) is 3.12. The van der Waals surface area contributed by atoms with Crippen molar-refractivity contribution >= 4 is 34.2 Å². The number of fused-ring (bicyclic) bond motifs is 1. The molecule has 0 radical (unpaired) electrons. The van der Waals surface area contributed by atoms with Crippen LogP contribution in [0.4, 0.5) is 5.69 Å². The quantitative estimate of drug-likeness (QED) is 0.543. The minimum atomic E-state index is -0.175. The number of carbonyl (C=O) groups excluding carboxylic acids is 1. The summed E-state index contributed by atoms with van der Waals surface area (Å²) in [4.78, 5) is 19.3. The first-order valence-electron chi connectivity index (χ1n) is 9.78. The summed E-state index contributed by atoms with van der Waals surface area (Å²) in [6.07, 6.45) is 3.34. The summed E-state index contributed by atoms with van der Waals surface area (Å²) in [7, 11) is 5.51. The smallest absolute Gasteiger partial charge is 0.255 e. The summed E-state index contributed by atoms with van der Waals surface area (Å²) < 4.78 is 7.02. The van der Waals surface area contributed by atoms with Crippen LogP contribution in [-0.4, -0.2) is 59.9 Å². The number of aryl methyl sites for hydroxylation is 1. The maximum atomic E-state index is 12.8. The Balaban J connectivity index is 1.90. The third kappa shape index (κ3) is 4.83. The Morgan fingerprint density at radius 1 is 1.30 bits per heavy atom. The highest BCUT2D eigenvalue weighted by Gasteiger charge is 2.18. The number of rotatable bonds is 9. The Morgan fingerprint density at radius 2 is 2.10 bits per heavy atom. The van der Waals surface area contributed by atoms with E-state index in [1.807, 2.05) is 44.1 Å². The van der Waals surface area contributed by atoms with E-state index in [9.17, 15) is 4.79 Å². The topological polar surface area (TPSA) is 84.3 Å². The van der Waals surface area contributed by atoms with Crippen LogP contribution >= 0.6 is 11.6 Å². The first kappa shape index (κ1) is 21.9. The molecule has 1 aromatic carbocycles. The minimum Gasteiger partial charge on any atom is -0.495 e. The average molecular weight is 431 g/mol. The molecule has 160 valence electrons. The lowest BCUT2D eigenvalue weighted by atomic mass is 10.1. The van der Waals surface area contributed by atoms with Gasteiger partial charge in [-0.2, -0.15) is 5.10 Å². The fourth-order valence-corrected chi connectivity index (χ4v) is 3.40. The van der Waals surface area contributed by atoms with Crippen LogP contribution in [0.2, 0.25) is 5.02 Å². The highest BCUT2D eigenvalue weighted by atomic mass is 35.5. The van der Waals surface area contributed by atoms with Gasteiger partial charge in [0.05, 0.1) is 35.0 Å². The molecule has 3 rings (SSSR count). The van der Waals surface area contributed by atoms with Crippen molar-refractivity contribution in [3.05, 3.63) is 46.7 Å². The van der Waals surface area contributed by atoms with Gasteiger partial charge in [0.25, 0.3) is 5.91 Å². The van der Waals surface area contributed by atoms with Gasteiger partial charge in [0.1, 0.15) is 5.75 Å². The Morgan fingerprint density at radius 3 is 2.77 bits per heavy atom. The number of anilines is 1. The number of nitrogens with zero attached hydrogens (tertiary/aromatic N) is 4. The summed E-state index contributed by atoms with van der Waals surface area (Å²) >= 11 is 6.25. The third-order valence-electron chi connectivity index (χ3n) is 4.74. The summed E-state index contributed by atoms with van der Waals surface area (Å²) in [6, 6.07) is 5.60. The van der Waals surface area contributed by atoms with Gasteiger partial charge < -0.3 is 20.3 Å². The normalized spacial score (nSPS) is 11.1. The molecule has 3 aromatic rings. The molecule has 0 spiro atoms. The molecule has 0 bridgehead atoms. The highest BCUT2D eigenvalue weighted by molar-refractivity contribution is 6.32. The van der Waals surface area contributed by atoms with E-state index >= 15 is 0 Å². The Kier molecular flexibility index (Phi) is 7.12. The van der Waals surface area contributed by atoms with Crippen LogP contribution in [0.5, 0.6) is 5.75 Å². The second-order valence-electron chi connectivity index (χ2n) is 7.13. The Hall–Kier alpha value is -2.84. The zero-order chi connectivity index (χ0) is 21.7. The molecule has 0 atom stereocenters. The van der Waals surface area contributed by atoms with E-state index in [0.29, 0.717) is 41.7 Å². The number of aromatic nitrogens is 3. The maximum absolute atomic E-state index is 12.8. The molecule has 2 aromatic heterocycles. The number of halogens is 1. The number of ether oxygens (including phenoxy) is 1. The van der Waals surface area contributed by atoms with Crippen LogP contribution in [0.3, 0.4) is 0 Å². The maximum Gasteiger partial charge on any atom is 0.255 e. The van der Waals surface area contributed by atoms with Crippen LogP contribution < -0.4 is 15.4 Å². The molecule has 2 N–H and O–H groups in total. The molecule has 2 heterocycles. The summed E-state index contributed by atoms with van der Waals surface area (Å²) in [5.74, 6) is 0.447. The molecule has 0 fully saturated rings. The van der Waals surface area contributed by atoms with Crippen LogP contribution in [0, 0.1) is 0 Å². The van der Waals surface area contributed by atoms with Crippen molar-refractivity contribution in [3.63, 3.8) is 0 Å². The Bertz CT molecular complexity index is 1030. The second-order valence-corrected chi connectivity index (χ2v) is 7.53. The number of pyridine rings is 1. The van der Waals surface area contributed by atoms with E-state index in [2.05, 4.69) is 20.7 Å². The second kappa shape index (κ2) is 9.77. The molecule has 30 heavy (non-hydrogen) atoms. The number of nitrogens with one attached hydrogen (secondary N) is 2. The summed E-state index contributed by atoms with van der Waals surface area (Å²) in [5, 5.41) is 12.1. The van der Waals surface area contributed by atoms with Gasteiger partial charge in [-0.15, -0.1) is 0 Å². The number of likely N-dealkylation sites (N-methyl/N-ethyl adjacent to an activating group) is 1. The number of carbonyl (C=O) groups is 1. The van der Waals surface area contributed by atoms with Crippen molar-refractivity contribution in [1.29, 1.82) is 0 Å². The van der Waals surface area contributed by atoms with Crippen molar-refractivity contribution in [2.24, 2.45) is 0 Å². The standard InChI is InChI=1S/C21H27ClN6O2/c1-5-28-20-15(13-26-28)19(16(12-25-20)21(29)23-8-9-27(2)3)24-11-14-6-7-18(30-4)17(22)10-14/h6-7,10,12-13H,5,8-9,11H2,1-4H3,(H,23,29)(H,24,25). The molecule has 0 aliphatic heterocycles. The molecular weight excluding hydrogens is 404 g/mol. The monoisotopic (exact) mass is 430 g/mol. The number of methoxy groups -OCH3 is 1. The van der Waals surface area contributed by atoms with Gasteiger partial charge in [-0.3, -0.25) is 4.79 Å². The van der Waals surface area contributed by atoms with E-state index in [1.165, 1.54) is 0 Å². The third-order valence-corrected chi connectivity index (χ3v) is 5.04. The molecule has 0 saturated carbocycles. The van der Waals surface area contributed by atoms with Crippen LogP contribution in [0.15, 0.2) is 30.6 Å². The lowest BCUT2D eigenvalue weighted by molar-refractivity contribution is 0.0951. The number of hydrogen-bond acceptors (Lipinski definition) is 6. The van der Waals surface area contributed by atoms with Crippen molar-refractivity contribution in [1.82, 2.24) is 25.0 Å². The van der Waals surface area contributed by atoms with Crippen molar-refractivity contribution in [3.8, 4) is 5.75 Å². The molecule has 0 unspecified atom stereocenters. The van der Waals surface area contributed by atoms with Crippen molar-refractivity contribution < 1.29 is 9.53 Å². The van der Waals surface area contributed by atoms with Crippen LogP contribution in [-0.2, 0) is 13.1 Å². The molecular formula is C21H27ClN6O2. The number of benzene rings is 1. The van der Waals surface area contributed by atoms with Gasteiger partial charge in [-0.05, 0) is 38.7 Å². The first-order chi connectivity index (χ1) is 14.4. The molecule has 8 nitrogen and oxygen atoms in total. The van der Waals surface area contributed by atoms with Gasteiger partial charge in [0.2, 0.25) is 0 Å². The van der Waals surface area contributed by atoms with E-state index < -0.39 is 0 Å². The predicted octanol–water partition coefficient (Wildman–Crippen LogP) is 3.02. The van der Waals surface area contributed by atoms with E-state index in [0.717, 1.165) is 23.1 Å². The van der Waals surface area contributed by atoms with Crippen molar-refractivity contribution in [2.75, 3.05) is 39.6 Å². The molecule has 9 heteroatoms. The zero-order valence-corrected chi connectivity index (χ0v) is 18.5. The lowest BCUT2D eigenvalue weighted by Gasteiger charge is -2.15. The van der Waals surface area contributed by atoms with Gasteiger partial charge in [0.15, 0.2) is 5.65 Å². The Labute approximate surface area is 181 Å². The fraction of sp³-hybridized carbons (Fsp3) is 0.381. The largest absolute Gasteiger partial charge is 0.495 e. The molecule has 1 amide bonds. The van der Waals surface area contributed by atoms with Crippen LogP contribution in [0.25, 0.3) is 11.0 Å². The summed E-state index contributed by atoms with van der Waals surface area (Å²) in [6.45, 7) is 4.48. The van der Waals surface area contributed by atoms with E-state index in [1.54, 1.807) is 24.2 Å².